The van der Waals surface area contributed by atoms with Gasteiger partial charge in [-0.3, -0.25) is 19.7 Å². The van der Waals surface area contributed by atoms with Gasteiger partial charge in [-0.05, 0) is 24.3 Å². The third-order valence-electron chi connectivity index (χ3n) is 2.74. The molecule has 0 aliphatic heterocycles. The van der Waals surface area contributed by atoms with Gasteiger partial charge in [-0.25, -0.2) is 0 Å². The molecule has 2 rings (SSSR count). The maximum absolute atomic E-state index is 11.7. The van der Waals surface area contributed by atoms with Gasteiger partial charge in [-0.2, -0.15) is 0 Å². The van der Waals surface area contributed by atoms with Crippen LogP contribution < -0.4 is 10.6 Å². The van der Waals surface area contributed by atoms with Gasteiger partial charge in [0, 0.05) is 30.8 Å². The van der Waals surface area contributed by atoms with Crippen molar-refractivity contribution in [3.05, 3.63) is 58.5 Å². The van der Waals surface area contributed by atoms with Crippen molar-refractivity contribution in [2.45, 2.75) is 6.42 Å². The zero-order valence-electron chi connectivity index (χ0n) is 11.4. The molecule has 0 saturated heterocycles. The fraction of sp³-hybridized carbons (Fsp3) is 0.143. The van der Waals surface area contributed by atoms with Crippen LogP contribution >= 0.6 is 0 Å². The van der Waals surface area contributed by atoms with E-state index in [1.807, 2.05) is 0 Å². The number of amides is 2. The number of nitrogens with one attached hydrogen (secondary N) is 2. The topological polar surface area (TPSA) is 114 Å². The lowest BCUT2D eigenvalue weighted by atomic mass is 10.2. The largest absolute Gasteiger partial charge is 0.459 e. The van der Waals surface area contributed by atoms with E-state index in [1.165, 1.54) is 36.6 Å². The van der Waals surface area contributed by atoms with Crippen molar-refractivity contribution in [1.29, 1.82) is 0 Å². The summed E-state index contributed by atoms with van der Waals surface area (Å²) >= 11 is 0. The highest BCUT2D eigenvalue weighted by molar-refractivity contribution is 5.93. The molecule has 0 aliphatic carbocycles. The van der Waals surface area contributed by atoms with Crippen LogP contribution in [-0.2, 0) is 4.79 Å². The molecule has 0 fully saturated rings. The Hall–Kier alpha value is -3.16. The van der Waals surface area contributed by atoms with Crippen LogP contribution in [0, 0.1) is 10.1 Å². The first-order chi connectivity index (χ1) is 10.6. The maximum atomic E-state index is 11.7. The quantitative estimate of drug-likeness (QED) is 0.625. The standard InChI is InChI=1S/C14H13N3O5/c18-13(7-8-15-14(19)12-2-1-9-22-12)16-10-3-5-11(6-4-10)17(20)21/h1-6,9H,7-8H2,(H,15,19)(H,16,18). The van der Waals surface area contributed by atoms with Crippen molar-refractivity contribution in [2.24, 2.45) is 0 Å². The number of nitro groups is 1. The van der Waals surface area contributed by atoms with Gasteiger partial charge in [0.05, 0.1) is 11.2 Å². The SMILES string of the molecule is O=C(CCNC(=O)c1ccco1)Nc1ccc([N+](=O)[O-])cc1. The smallest absolute Gasteiger partial charge is 0.286 e. The van der Waals surface area contributed by atoms with Gasteiger partial charge in [-0.15, -0.1) is 0 Å². The zero-order chi connectivity index (χ0) is 15.9. The lowest BCUT2D eigenvalue weighted by molar-refractivity contribution is -0.384. The van der Waals surface area contributed by atoms with Crippen molar-refractivity contribution in [2.75, 3.05) is 11.9 Å². The van der Waals surface area contributed by atoms with Gasteiger partial charge >= 0.3 is 0 Å². The Morgan fingerprint density at radius 3 is 2.50 bits per heavy atom. The summed E-state index contributed by atoms with van der Waals surface area (Å²) in [5, 5.41) is 15.6. The fourth-order valence-electron chi connectivity index (χ4n) is 1.67. The van der Waals surface area contributed by atoms with Gasteiger partial charge < -0.3 is 15.1 Å². The number of carbonyl (C=O) groups is 2. The molecule has 1 aromatic heterocycles. The van der Waals surface area contributed by atoms with Crippen LogP contribution in [0.1, 0.15) is 17.0 Å². The van der Waals surface area contributed by atoms with Gasteiger partial charge in [-0.1, -0.05) is 0 Å². The molecule has 0 atom stereocenters. The Morgan fingerprint density at radius 1 is 1.18 bits per heavy atom. The number of anilines is 1. The first-order valence-corrected chi connectivity index (χ1v) is 6.42. The molecule has 0 radical (unpaired) electrons. The number of benzene rings is 1. The first kappa shape index (κ1) is 15.2. The fourth-order valence-corrected chi connectivity index (χ4v) is 1.67. The number of furan rings is 1. The van der Waals surface area contributed by atoms with Crippen LogP contribution in [-0.4, -0.2) is 23.3 Å². The molecule has 2 aromatic rings. The molecule has 0 aliphatic rings. The van der Waals surface area contributed by atoms with E-state index in [4.69, 9.17) is 4.42 Å². The average Bonchev–Trinajstić information content (AvgIpc) is 3.02. The van der Waals surface area contributed by atoms with Crippen molar-refractivity contribution in [3.8, 4) is 0 Å². The average molecular weight is 303 g/mol. The van der Waals surface area contributed by atoms with Crippen molar-refractivity contribution < 1.29 is 18.9 Å². The number of hydrogen-bond donors (Lipinski definition) is 2. The molecule has 1 aromatic carbocycles. The molecule has 0 bridgehead atoms. The first-order valence-electron chi connectivity index (χ1n) is 6.42. The second kappa shape index (κ2) is 7.02. The summed E-state index contributed by atoms with van der Waals surface area (Å²) in [6.45, 7) is 0.151. The maximum Gasteiger partial charge on any atom is 0.286 e. The van der Waals surface area contributed by atoms with Crippen LogP contribution in [0.25, 0.3) is 0 Å². The zero-order valence-corrected chi connectivity index (χ0v) is 11.4. The molecular formula is C14H13N3O5. The Morgan fingerprint density at radius 2 is 1.91 bits per heavy atom. The predicted molar refractivity (Wildman–Crippen MR) is 77.4 cm³/mol. The molecule has 2 N–H and O–H groups in total. The monoisotopic (exact) mass is 303 g/mol. The second-order valence-corrected chi connectivity index (χ2v) is 4.34. The van der Waals surface area contributed by atoms with Crippen molar-refractivity contribution in [1.82, 2.24) is 5.32 Å². The number of nitrogens with zero attached hydrogens (tertiary/aromatic N) is 1. The summed E-state index contributed by atoms with van der Waals surface area (Å²) in [5.41, 5.74) is 0.400. The molecular weight excluding hydrogens is 290 g/mol. The number of nitro benzene ring substituents is 1. The lowest BCUT2D eigenvalue weighted by Crippen LogP contribution is -2.27. The van der Waals surface area contributed by atoms with E-state index in [2.05, 4.69) is 10.6 Å². The molecule has 8 heteroatoms. The molecule has 1 heterocycles. The van der Waals surface area contributed by atoms with Crippen molar-refractivity contribution in [3.63, 3.8) is 0 Å². The summed E-state index contributed by atoms with van der Waals surface area (Å²) in [4.78, 5) is 33.2. The number of hydrogen-bond acceptors (Lipinski definition) is 5. The van der Waals surface area contributed by atoms with Crippen LogP contribution in [0.5, 0.6) is 0 Å². The molecule has 0 spiro atoms. The molecule has 22 heavy (non-hydrogen) atoms. The highest BCUT2D eigenvalue weighted by Gasteiger charge is 2.09. The molecule has 8 nitrogen and oxygen atoms in total. The van der Waals surface area contributed by atoms with Crippen LogP contribution in [0.2, 0.25) is 0 Å². The summed E-state index contributed by atoms with van der Waals surface area (Å²) < 4.78 is 4.91. The van der Waals surface area contributed by atoms with Crippen LogP contribution in [0.3, 0.4) is 0 Å². The van der Waals surface area contributed by atoms with E-state index in [9.17, 15) is 19.7 Å². The number of carbonyl (C=O) groups excluding carboxylic acids is 2. The predicted octanol–water partition coefficient (Wildman–Crippen LogP) is 1.95. The van der Waals surface area contributed by atoms with E-state index < -0.39 is 10.8 Å². The van der Waals surface area contributed by atoms with E-state index in [0.29, 0.717) is 5.69 Å². The van der Waals surface area contributed by atoms with E-state index in [-0.39, 0.29) is 30.3 Å². The molecule has 0 saturated carbocycles. The lowest BCUT2D eigenvalue weighted by Gasteiger charge is -2.05. The minimum Gasteiger partial charge on any atom is -0.459 e. The Balaban J connectivity index is 1.76. The van der Waals surface area contributed by atoms with Gasteiger partial charge in [0.15, 0.2) is 5.76 Å². The van der Waals surface area contributed by atoms with Crippen molar-refractivity contribution >= 4 is 23.2 Å². The van der Waals surface area contributed by atoms with E-state index in [1.54, 1.807) is 6.07 Å². The summed E-state index contributed by atoms with van der Waals surface area (Å²) in [5.74, 6) is -0.530. The third kappa shape index (κ3) is 4.17. The van der Waals surface area contributed by atoms with Gasteiger partial charge in [0.25, 0.3) is 11.6 Å². The second-order valence-electron chi connectivity index (χ2n) is 4.34. The summed E-state index contributed by atoms with van der Waals surface area (Å²) in [6.07, 6.45) is 1.46. The Bertz CT molecular complexity index is 664. The summed E-state index contributed by atoms with van der Waals surface area (Å²) in [6, 6.07) is 8.60. The highest BCUT2D eigenvalue weighted by Crippen LogP contribution is 2.15. The molecule has 0 unspecified atom stereocenters. The Labute approximate surface area is 125 Å². The third-order valence-corrected chi connectivity index (χ3v) is 2.74. The minimum absolute atomic E-state index is 0.0521. The minimum atomic E-state index is -0.518. The Kier molecular flexibility index (Phi) is 4.86. The summed E-state index contributed by atoms with van der Waals surface area (Å²) in [7, 11) is 0. The van der Waals surface area contributed by atoms with E-state index in [0.717, 1.165) is 0 Å². The number of rotatable bonds is 6. The van der Waals surface area contributed by atoms with Crippen LogP contribution in [0.4, 0.5) is 11.4 Å². The normalized spacial score (nSPS) is 10.0. The number of non-ortho nitro benzene ring substituents is 1. The molecule has 114 valence electrons. The van der Waals surface area contributed by atoms with E-state index >= 15 is 0 Å². The molecule has 2 amide bonds. The highest BCUT2D eigenvalue weighted by atomic mass is 16.6. The van der Waals surface area contributed by atoms with Crippen LogP contribution in [0.15, 0.2) is 47.1 Å². The van der Waals surface area contributed by atoms with Gasteiger partial charge in [0.2, 0.25) is 5.91 Å². The van der Waals surface area contributed by atoms with Gasteiger partial charge in [0.1, 0.15) is 0 Å².